The summed E-state index contributed by atoms with van der Waals surface area (Å²) < 4.78 is 1.87. The standard InChI is InChI=1S/C10H17N3O/c1-3-4-11-8-9(14)7-10-12-5-6-13(10)2/h5-6,11H,3-4,7-8H2,1-2H3. The first kappa shape index (κ1) is 10.9. The van der Waals surface area contributed by atoms with Gasteiger partial charge >= 0.3 is 0 Å². The second-order valence-electron chi connectivity index (χ2n) is 3.35. The first-order chi connectivity index (χ1) is 6.74. The minimum Gasteiger partial charge on any atom is -0.338 e. The Labute approximate surface area is 84.3 Å². The maximum absolute atomic E-state index is 11.4. The predicted octanol–water partition coefficient (Wildman–Crippen LogP) is 0.531. The molecule has 1 aromatic heterocycles. The molecule has 4 nitrogen and oxygen atoms in total. The third-order valence-corrected chi connectivity index (χ3v) is 2.03. The zero-order chi connectivity index (χ0) is 10.4. The molecule has 0 unspecified atom stereocenters. The quantitative estimate of drug-likeness (QED) is 0.674. The lowest BCUT2D eigenvalue weighted by Gasteiger charge is -2.02. The number of nitrogens with zero attached hydrogens (tertiary/aromatic N) is 2. The van der Waals surface area contributed by atoms with Crippen molar-refractivity contribution in [2.75, 3.05) is 13.1 Å². The molecule has 0 fully saturated rings. The van der Waals surface area contributed by atoms with Gasteiger partial charge in [0, 0.05) is 19.4 Å². The number of aryl methyl sites for hydroxylation is 1. The Morgan fingerprint density at radius 1 is 1.64 bits per heavy atom. The molecule has 0 radical (unpaired) electrons. The van der Waals surface area contributed by atoms with Crippen LogP contribution < -0.4 is 5.32 Å². The van der Waals surface area contributed by atoms with E-state index in [1.807, 2.05) is 17.8 Å². The number of ketones is 1. The maximum atomic E-state index is 11.4. The fourth-order valence-electron chi connectivity index (χ4n) is 1.21. The molecular weight excluding hydrogens is 178 g/mol. The molecule has 0 aliphatic rings. The number of hydrogen-bond donors (Lipinski definition) is 1. The smallest absolute Gasteiger partial charge is 0.154 e. The first-order valence-corrected chi connectivity index (χ1v) is 4.92. The first-order valence-electron chi connectivity index (χ1n) is 4.92. The van der Waals surface area contributed by atoms with Gasteiger partial charge in [-0.15, -0.1) is 0 Å². The van der Waals surface area contributed by atoms with E-state index >= 15 is 0 Å². The van der Waals surface area contributed by atoms with Gasteiger partial charge in [-0.1, -0.05) is 6.92 Å². The van der Waals surface area contributed by atoms with Crippen LogP contribution in [0.4, 0.5) is 0 Å². The number of imidazole rings is 1. The summed E-state index contributed by atoms with van der Waals surface area (Å²) in [7, 11) is 1.90. The van der Waals surface area contributed by atoms with Crippen LogP contribution in [0.1, 0.15) is 19.2 Å². The van der Waals surface area contributed by atoms with E-state index in [-0.39, 0.29) is 5.78 Å². The largest absolute Gasteiger partial charge is 0.338 e. The van der Waals surface area contributed by atoms with Crippen molar-refractivity contribution in [1.82, 2.24) is 14.9 Å². The van der Waals surface area contributed by atoms with Crippen LogP contribution in [-0.4, -0.2) is 28.4 Å². The van der Waals surface area contributed by atoms with Crippen LogP contribution in [0.15, 0.2) is 12.4 Å². The molecule has 0 aromatic carbocycles. The van der Waals surface area contributed by atoms with Gasteiger partial charge in [0.1, 0.15) is 5.82 Å². The van der Waals surface area contributed by atoms with E-state index < -0.39 is 0 Å². The molecule has 0 aliphatic heterocycles. The molecule has 0 spiro atoms. The van der Waals surface area contributed by atoms with Crippen molar-refractivity contribution in [2.24, 2.45) is 7.05 Å². The van der Waals surface area contributed by atoms with E-state index in [2.05, 4.69) is 17.2 Å². The Hall–Kier alpha value is -1.16. The van der Waals surface area contributed by atoms with Crippen molar-refractivity contribution in [2.45, 2.75) is 19.8 Å². The predicted molar refractivity (Wildman–Crippen MR) is 55.1 cm³/mol. The van der Waals surface area contributed by atoms with Gasteiger partial charge in [-0.2, -0.15) is 0 Å². The lowest BCUT2D eigenvalue weighted by atomic mass is 10.2. The average Bonchev–Trinajstić information content (AvgIpc) is 2.52. The summed E-state index contributed by atoms with van der Waals surface area (Å²) in [6.45, 7) is 3.42. The van der Waals surface area contributed by atoms with Crippen LogP contribution in [0.25, 0.3) is 0 Å². The van der Waals surface area contributed by atoms with Crippen molar-refractivity contribution in [3.8, 4) is 0 Å². The van der Waals surface area contributed by atoms with Crippen molar-refractivity contribution in [3.05, 3.63) is 18.2 Å². The molecule has 4 heteroatoms. The molecule has 1 N–H and O–H groups in total. The van der Waals surface area contributed by atoms with Crippen LogP contribution >= 0.6 is 0 Å². The van der Waals surface area contributed by atoms with Crippen LogP contribution in [0.2, 0.25) is 0 Å². The summed E-state index contributed by atoms with van der Waals surface area (Å²) in [4.78, 5) is 15.5. The van der Waals surface area contributed by atoms with Crippen LogP contribution in [-0.2, 0) is 18.3 Å². The molecule has 0 aliphatic carbocycles. The van der Waals surface area contributed by atoms with Gasteiger partial charge in [-0.25, -0.2) is 4.98 Å². The lowest BCUT2D eigenvalue weighted by Crippen LogP contribution is -2.25. The SMILES string of the molecule is CCCNCC(=O)Cc1nccn1C. The summed E-state index contributed by atoms with van der Waals surface area (Å²) >= 11 is 0. The molecule has 0 saturated heterocycles. The number of rotatable bonds is 6. The lowest BCUT2D eigenvalue weighted by molar-refractivity contribution is -0.117. The van der Waals surface area contributed by atoms with Gasteiger partial charge in [0.15, 0.2) is 5.78 Å². The van der Waals surface area contributed by atoms with Crippen molar-refractivity contribution in [1.29, 1.82) is 0 Å². The maximum Gasteiger partial charge on any atom is 0.154 e. The highest BCUT2D eigenvalue weighted by molar-refractivity contribution is 5.82. The fourth-order valence-corrected chi connectivity index (χ4v) is 1.21. The van der Waals surface area contributed by atoms with Crippen molar-refractivity contribution in [3.63, 3.8) is 0 Å². The molecule has 78 valence electrons. The third-order valence-electron chi connectivity index (χ3n) is 2.03. The summed E-state index contributed by atoms with van der Waals surface area (Å²) in [5, 5.41) is 3.08. The van der Waals surface area contributed by atoms with E-state index in [0.717, 1.165) is 18.8 Å². The highest BCUT2D eigenvalue weighted by Gasteiger charge is 2.06. The number of carbonyl (C=O) groups is 1. The second kappa shape index (κ2) is 5.54. The zero-order valence-corrected chi connectivity index (χ0v) is 8.79. The number of aromatic nitrogens is 2. The molecule has 0 saturated carbocycles. The van der Waals surface area contributed by atoms with Gasteiger partial charge in [-0.05, 0) is 13.0 Å². The topological polar surface area (TPSA) is 46.9 Å². The average molecular weight is 195 g/mol. The molecule has 0 atom stereocenters. The molecule has 1 aromatic rings. The minimum atomic E-state index is 0.188. The monoisotopic (exact) mass is 195 g/mol. The van der Waals surface area contributed by atoms with Gasteiger partial charge in [0.25, 0.3) is 0 Å². The molecular formula is C10H17N3O. The molecule has 0 bridgehead atoms. The molecule has 14 heavy (non-hydrogen) atoms. The number of Topliss-reactive ketones (excluding diaryl/α,β-unsaturated/α-hetero) is 1. The molecule has 1 rings (SSSR count). The summed E-state index contributed by atoms with van der Waals surface area (Å²) in [6, 6.07) is 0. The Balaban J connectivity index is 2.31. The summed E-state index contributed by atoms with van der Waals surface area (Å²) in [5.41, 5.74) is 0. The van der Waals surface area contributed by atoms with Crippen LogP contribution in [0, 0.1) is 0 Å². The van der Waals surface area contributed by atoms with Gasteiger partial charge in [0.05, 0.1) is 13.0 Å². The zero-order valence-electron chi connectivity index (χ0n) is 8.79. The third kappa shape index (κ3) is 3.30. The number of nitrogens with one attached hydrogen (secondary N) is 1. The highest BCUT2D eigenvalue weighted by Crippen LogP contribution is 1.95. The summed E-state index contributed by atoms with van der Waals surface area (Å²) in [5.74, 6) is 1.01. The van der Waals surface area contributed by atoms with Gasteiger partial charge < -0.3 is 9.88 Å². The Morgan fingerprint density at radius 2 is 2.43 bits per heavy atom. The Bertz CT molecular complexity index is 293. The van der Waals surface area contributed by atoms with Crippen molar-refractivity contribution >= 4 is 5.78 Å². The fraction of sp³-hybridized carbons (Fsp3) is 0.600. The van der Waals surface area contributed by atoms with E-state index in [4.69, 9.17) is 0 Å². The van der Waals surface area contributed by atoms with E-state index in [0.29, 0.717) is 13.0 Å². The normalized spacial score (nSPS) is 10.4. The van der Waals surface area contributed by atoms with Gasteiger partial charge in [-0.3, -0.25) is 4.79 Å². The van der Waals surface area contributed by atoms with Crippen molar-refractivity contribution < 1.29 is 4.79 Å². The highest BCUT2D eigenvalue weighted by atomic mass is 16.1. The van der Waals surface area contributed by atoms with Crippen LogP contribution in [0.5, 0.6) is 0 Å². The van der Waals surface area contributed by atoms with Gasteiger partial charge in [0.2, 0.25) is 0 Å². The Morgan fingerprint density at radius 3 is 3.00 bits per heavy atom. The number of hydrogen-bond acceptors (Lipinski definition) is 3. The van der Waals surface area contributed by atoms with E-state index in [9.17, 15) is 4.79 Å². The second-order valence-corrected chi connectivity index (χ2v) is 3.35. The number of carbonyl (C=O) groups excluding carboxylic acids is 1. The van der Waals surface area contributed by atoms with E-state index in [1.54, 1.807) is 6.20 Å². The summed E-state index contributed by atoms with van der Waals surface area (Å²) in [6.07, 6.45) is 5.03. The Kier molecular flexibility index (Phi) is 4.32. The molecule has 0 amide bonds. The molecule has 1 heterocycles. The van der Waals surface area contributed by atoms with Crippen LogP contribution in [0.3, 0.4) is 0 Å². The van der Waals surface area contributed by atoms with E-state index in [1.165, 1.54) is 0 Å². The minimum absolute atomic E-state index is 0.188.